The van der Waals surface area contributed by atoms with Crippen molar-refractivity contribution in [1.29, 1.82) is 0 Å². The van der Waals surface area contributed by atoms with Crippen molar-refractivity contribution >= 4 is 5.91 Å². The standard InChI is InChI=1S/C26H28N4O3/c1-4-32-24-8-6-5-7-20(24)25-27-22(18(3)33-25)16-29-13-14-30-23(26(29)31)15-21(28-30)19-11-9-17(2)10-12-19/h5-14,21,23,28H,4,15-16H2,1-3H3. The van der Waals surface area contributed by atoms with Crippen LogP contribution in [0.15, 0.2) is 65.3 Å². The Labute approximate surface area is 193 Å². The highest BCUT2D eigenvalue weighted by atomic mass is 16.5. The average molecular weight is 445 g/mol. The number of aromatic nitrogens is 1. The lowest BCUT2D eigenvalue weighted by atomic mass is 10.00. The number of carbonyl (C=O) groups excluding carboxylic acids is 1. The number of aryl methyl sites for hydroxylation is 2. The number of oxazole rings is 1. The maximum Gasteiger partial charge on any atom is 0.251 e. The largest absolute Gasteiger partial charge is 0.493 e. The van der Waals surface area contributed by atoms with Crippen molar-refractivity contribution < 1.29 is 13.9 Å². The fraction of sp³-hybridized carbons (Fsp3) is 0.308. The van der Waals surface area contributed by atoms with Gasteiger partial charge in [0.1, 0.15) is 23.2 Å². The Morgan fingerprint density at radius 1 is 1.12 bits per heavy atom. The minimum atomic E-state index is -0.244. The SMILES string of the molecule is CCOc1ccccc1-c1nc(CN2C=CN3NC(c4ccc(C)cc4)CC3C2=O)c(C)o1. The molecule has 0 spiro atoms. The van der Waals surface area contributed by atoms with E-state index in [2.05, 4.69) is 36.6 Å². The van der Waals surface area contributed by atoms with Crippen molar-refractivity contribution in [2.24, 2.45) is 0 Å². The number of amides is 1. The topological polar surface area (TPSA) is 70.8 Å². The molecule has 0 radical (unpaired) electrons. The lowest BCUT2D eigenvalue weighted by molar-refractivity contribution is -0.135. The van der Waals surface area contributed by atoms with E-state index >= 15 is 0 Å². The van der Waals surface area contributed by atoms with Crippen molar-refractivity contribution in [3.05, 3.63) is 83.5 Å². The van der Waals surface area contributed by atoms with Gasteiger partial charge in [0.15, 0.2) is 0 Å². The van der Waals surface area contributed by atoms with E-state index in [9.17, 15) is 4.79 Å². The summed E-state index contributed by atoms with van der Waals surface area (Å²) in [5.74, 6) is 1.99. The Hall–Kier alpha value is -3.58. The Balaban J connectivity index is 1.32. The van der Waals surface area contributed by atoms with Crippen LogP contribution in [0.4, 0.5) is 0 Å². The Morgan fingerprint density at radius 2 is 1.91 bits per heavy atom. The molecule has 33 heavy (non-hydrogen) atoms. The molecule has 7 nitrogen and oxygen atoms in total. The van der Waals surface area contributed by atoms with Crippen LogP contribution in [0.5, 0.6) is 5.75 Å². The molecule has 0 aliphatic carbocycles. The first-order valence-corrected chi connectivity index (χ1v) is 11.3. The molecule has 1 fully saturated rings. The fourth-order valence-corrected chi connectivity index (χ4v) is 4.36. The number of hydrogen-bond donors (Lipinski definition) is 1. The molecule has 5 rings (SSSR count). The molecule has 170 valence electrons. The summed E-state index contributed by atoms with van der Waals surface area (Å²) in [6.07, 6.45) is 4.46. The van der Waals surface area contributed by atoms with E-state index < -0.39 is 0 Å². The van der Waals surface area contributed by atoms with E-state index in [1.807, 2.05) is 55.5 Å². The van der Waals surface area contributed by atoms with E-state index in [-0.39, 0.29) is 18.0 Å². The van der Waals surface area contributed by atoms with Gasteiger partial charge in [0, 0.05) is 12.4 Å². The first-order chi connectivity index (χ1) is 16.0. The zero-order chi connectivity index (χ0) is 22.9. The molecule has 2 atom stereocenters. The quantitative estimate of drug-likeness (QED) is 0.604. The van der Waals surface area contributed by atoms with Crippen molar-refractivity contribution in [3.8, 4) is 17.2 Å². The normalized spacial score (nSPS) is 19.8. The predicted octanol–water partition coefficient (Wildman–Crippen LogP) is 4.49. The summed E-state index contributed by atoms with van der Waals surface area (Å²) in [6.45, 7) is 6.82. The van der Waals surface area contributed by atoms with Gasteiger partial charge in [-0.15, -0.1) is 0 Å². The highest BCUT2D eigenvalue weighted by Crippen LogP contribution is 2.33. The molecular weight excluding hydrogens is 416 g/mol. The molecular formula is C26H28N4O3. The lowest BCUT2D eigenvalue weighted by Crippen LogP contribution is -2.47. The zero-order valence-electron chi connectivity index (χ0n) is 19.1. The van der Waals surface area contributed by atoms with Crippen molar-refractivity contribution in [2.45, 2.75) is 45.8 Å². The van der Waals surface area contributed by atoms with Crippen molar-refractivity contribution in [2.75, 3.05) is 6.61 Å². The van der Waals surface area contributed by atoms with Gasteiger partial charge < -0.3 is 19.1 Å². The van der Waals surface area contributed by atoms with Gasteiger partial charge in [-0.25, -0.2) is 10.4 Å². The second kappa shape index (κ2) is 8.75. The molecule has 2 unspecified atom stereocenters. The van der Waals surface area contributed by atoms with Crippen molar-refractivity contribution in [1.82, 2.24) is 20.3 Å². The summed E-state index contributed by atoms with van der Waals surface area (Å²) < 4.78 is 11.7. The number of hydrazine groups is 1. The van der Waals surface area contributed by atoms with Gasteiger partial charge >= 0.3 is 0 Å². The molecule has 1 amide bonds. The number of nitrogens with zero attached hydrogens (tertiary/aromatic N) is 3. The number of ether oxygens (including phenoxy) is 1. The minimum Gasteiger partial charge on any atom is -0.493 e. The molecule has 0 saturated carbocycles. The predicted molar refractivity (Wildman–Crippen MR) is 125 cm³/mol. The van der Waals surface area contributed by atoms with Crippen LogP contribution in [0.2, 0.25) is 0 Å². The lowest BCUT2D eigenvalue weighted by Gasteiger charge is -2.31. The maximum atomic E-state index is 13.3. The fourth-order valence-electron chi connectivity index (χ4n) is 4.36. The van der Waals surface area contributed by atoms with Crippen LogP contribution in [-0.2, 0) is 11.3 Å². The third kappa shape index (κ3) is 4.12. The molecule has 2 aromatic carbocycles. The van der Waals surface area contributed by atoms with Crippen LogP contribution in [0.25, 0.3) is 11.5 Å². The molecule has 1 N–H and O–H groups in total. The third-order valence-corrected chi connectivity index (χ3v) is 6.18. The van der Waals surface area contributed by atoms with Gasteiger partial charge in [0.2, 0.25) is 5.89 Å². The van der Waals surface area contributed by atoms with Crippen LogP contribution in [0.1, 0.15) is 42.0 Å². The van der Waals surface area contributed by atoms with Gasteiger partial charge in [-0.05, 0) is 44.9 Å². The number of nitrogens with one attached hydrogen (secondary N) is 1. The monoisotopic (exact) mass is 444 g/mol. The molecule has 3 heterocycles. The minimum absolute atomic E-state index is 0.0540. The molecule has 3 aromatic rings. The van der Waals surface area contributed by atoms with Crippen molar-refractivity contribution in [3.63, 3.8) is 0 Å². The number of para-hydroxylation sites is 1. The van der Waals surface area contributed by atoms with E-state index in [1.54, 1.807) is 4.90 Å². The van der Waals surface area contributed by atoms with Crippen LogP contribution >= 0.6 is 0 Å². The molecule has 2 aliphatic rings. The van der Waals surface area contributed by atoms with Crippen LogP contribution in [0.3, 0.4) is 0 Å². The summed E-state index contributed by atoms with van der Waals surface area (Å²) in [7, 11) is 0. The van der Waals surface area contributed by atoms with Gasteiger partial charge in [-0.1, -0.05) is 42.0 Å². The molecule has 0 bridgehead atoms. The van der Waals surface area contributed by atoms with Gasteiger partial charge in [-0.3, -0.25) is 4.79 Å². The molecule has 1 aromatic heterocycles. The number of hydrogen-bond acceptors (Lipinski definition) is 6. The van der Waals surface area contributed by atoms with Crippen LogP contribution < -0.4 is 10.2 Å². The van der Waals surface area contributed by atoms with Gasteiger partial charge in [-0.2, -0.15) is 0 Å². The highest BCUT2D eigenvalue weighted by molar-refractivity contribution is 5.84. The maximum absolute atomic E-state index is 13.3. The summed E-state index contributed by atoms with van der Waals surface area (Å²) in [4.78, 5) is 19.7. The number of fused-ring (bicyclic) bond motifs is 1. The second-order valence-corrected chi connectivity index (χ2v) is 8.47. The van der Waals surface area contributed by atoms with E-state index in [0.717, 1.165) is 17.0 Å². The zero-order valence-corrected chi connectivity index (χ0v) is 19.1. The van der Waals surface area contributed by atoms with Gasteiger partial charge in [0.25, 0.3) is 5.91 Å². The smallest absolute Gasteiger partial charge is 0.251 e. The number of benzene rings is 2. The van der Waals surface area contributed by atoms with E-state index in [4.69, 9.17) is 14.1 Å². The van der Waals surface area contributed by atoms with E-state index in [1.165, 1.54) is 11.1 Å². The van der Waals surface area contributed by atoms with Crippen LogP contribution in [0, 0.1) is 13.8 Å². The molecule has 7 heteroatoms. The molecule has 2 aliphatic heterocycles. The Kier molecular flexibility index (Phi) is 5.64. The average Bonchev–Trinajstić information content (AvgIpc) is 3.41. The van der Waals surface area contributed by atoms with Gasteiger partial charge in [0.05, 0.1) is 24.8 Å². The first kappa shape index (κ1) is 21.3. The number of carbonyl (C=O) groups is 1. The summed E-state index contributed by atoms with van der Waals surface area (Å²) in [5, 5.41) is 1.92. The summed E-state index contributed by atoms with van der Waals surface area (Å²) in [5.41, 5.74) is 7.41. The highest BCUT2D eigenvalue weighted by Gasteiger charge is 2.40. The third-order valence-electron chi connectivity index (χ3n) is 6.18. The Morgan fingerprint density at radius 3 is 2.70 bits per heavy atom. The molecule has 1 saturated heterocycles. The first-order valence-electron chi connectivity index (χ1n) is 11.3. The van der Waals surface area contributed by atoms with E-state index in [0.29, 0.717) is 31.2 Å². The Bertz CT molecular complexity index is 1180. The summed E-state index contributed by atoms with van der Waals surface area (Å²) >= 11 is 0. The summed E-state index contributed by atoms with van der Waals surface area (Å²) in [6, 6.07) is 16.0. The van der Waals surface area contributed by atoms with Crippen LogP contribution in [-0.4, -0.2) is 33.4 Å². The second-order valence-electron chi connectivity index (χ2n) is 8.47. The number of rotatable bonds is 6.